The summed E-state index contributed by atoms with van der Waals surface area (Å²) in [5, 5.41) is 3.32. The van der Waals surface area contributed by atoms with Crippen LogP contribution in [0.3, 0.4) is 0 Å². The van der Waals surface area contributed by atoms with E-state index >= 15 is 0 Å². The van der Waals surface area contributed by atoms with E-state index in [-0.39, 0.29) is 0 Å². The summed E-state index contributed by atoms with van der Waals surface area (Å²) in [5.41, 5.74) is 0.654. The number of rotatable bonds is 4. The van der Waals surface area contributed by atoms with Gasteiger partial charge in [-0.2, -0.15) is 0 Å². The van der Waals surface area contributed by atoms with Crippen molar-refractivity contribution in [2.24, 2.45) is 11.3 Å². The van der Waals surface area contributed by atoms with Crippen molar-refractivity contribution in [2.45, 2.75) is 45.6 Å². The summed E-state index contributed by atoms with van der Waals surface area (Å²) in [6.45, 7) is 8.74. The summed E-state index contributed by atoms with van der Waals surface area (Å²) in [6.07, 6.45) is 5.70. The molecule has 0 radical (unpaired) electrons. The molecule has 2 atom stereocenters. The molecule has 1 aliphatic carbocycles. The summed E-state index contributed by atoms with van der Waals surface area (Å²) < 4.78 is 0. The second kappa shape index (κ2) is 4.42. The van der Waals surface area contributed by atoms with Crippen molar-refractivity contribution in [3.8, 4) is 0 Å². The van der Waals surface area contributed by atoms with Crippen LogP contribution in [0.2, 0.25) is 0 Å². The van der Waals surface area contributed by atoms with E-state index in [4.69, 9.17) is 0 Å². The summed E-state index contributed by atoms with van der Waals surface area (Å²) in [6, 6.07) is 0.803. The molecule has 1 N–H and O–H groups in total. The first-order valence-corrected chi connectivity index (χ1v) is 6.54. The Morgan fingerprint density at radius 2 is 2.20 bits per heavy atom. The van der Waals surface area contributed by atoms with E-state index in [0.717, 1.165) is 12.0 Å². The normalized spacial score (nSPS) is 32.6. The van der Waals surface area contributed by atoms with Gasteiger partial charge in [0.25, 0.3) is 0 Å². The summed E-state index contributed by atoms with van der Waals surface area (Å²) in [5.74, 6) is 0.883. The maximum Gasteiger partial charge on any atom is 0.0121 e. The highest BCUT2D eigenvalue weighted by Crippen LogP contribution is 2.50. The number of piperidine rings is 1. The SMILES string of the molecule is CNCC1CCCN(C(C)C2(C)CC2)C1. The standard InChI is InChI=1S/C13H26N2/c1-11(13(2)6-7-13)15-8-4-5-12(10-15)9-14-3/h11-12,14H,4-10H2,1-3H3. The molecule has 0 bridgehead atoms. The number of hydrogen-bond donors (Lipinski definition) is 1. The van der Waals surface area contributed by atoms with Gasteiger partial charge >= 0.3 is 0 Å². The molecule has 1 saturated heterocycles. The lowest BCUT2D eigenvalue weighted by molar-refractivity contribution is 0.0933. The Morgan fingerprint density at radius 1 is 1.47 bits per heavy atom. The van der Waals surface area contributed by atoms with Gasteiger partial charge in [0, 0.05) is 12.6 Å². The van der Waals surface area contributed by atoms with Crippen molar-refractivity contribution in [3.05, 3.63) is 0 Å². The lowest BCUT2D eigenvalue weighted by Gasteiger charge is -2.39. The predicted octanol–water partition coefficient (Wildman–Crippen LogP) is 2.11. The molecular weight excluding hydrogens is 184 g/mol. The molecule has 0 aromatic carbocycles. The number of nitrogens with one attached hydrogen (secondary N) is 1. The van der Waals surface area contributed by atoms with Crippen molar-refractivity contribution in [1.82, 2.24) is 10.2 Å². The van der Waals surface area contributed by atoms with Crippen LogP contribution >= 0.6 is 0 Å². The average Bonchev–Trinajstić information content (AvgIpc) is 2.98. The first-order chi connectivity index (χ1) is 7.15. The van der Waals surface area contributed by atoms with Crippen molar-refractivity contribution in [1.29, 1.82) is 0 Å². The first kappa shape index (κ1) is 11.4. The third kappa shape index (κ3) is 2.54. The summed E-state index contributed by atoms with van der Waals surface area (Å²) in [7, 11) is 2.07. The average molecular weight is 210 g/mol. The molecule has 2 aliphatic rings. The Balaban J connectivity index is 1.86. The van der Waals surface area contributed by atoms with Gasteiger partial charge in [-0.3, -0.25) is 4.90 Å². The van der Waals surface area contributed by atoms with Crippen LogP contribution in [0.5, 0.6) is 0 Å². The minimum absolute atomic E-state index is 0.654. The highest BCUT2D eigenvalue weighted by atomic mass is 15.2. The van der Waals surface area contributed by atoms with Gasteiger partial charge < -0.3 is 5.32 Å². The predicted molar refractivity (Wildman–Crippen MR) is 65.0 cm³/mol. The van der Waals surface area contributed by atoms with Crippen LogP contribution in [0.25, 0.3) is 0 Å². The van der Waals surface area contributed by atoms with Crippen molar-refractivity contribution < 1.29 is 0 Å². The fourth-order valence-electron chi connectivity index (χ4n) is 2.96. The van der Waals surface area contributed by atoms with Crippen molar-refractivity contribution in [3.63, 3.8) is 0 Å². The number of nitrogens with zero attached hydrogens (tertiary/aromatic N) is 1. The lowest BCUT2D eigenvalue weighted by Crippen LogP contribution is -2.46. The van der Waals surface area contributed by atoms with E-state index in [1.54, 1.807) is 0 Å². The molecule has 2 unspecified atom stereocenters. The molecule has 0 amide bonds. The Bertz CT molecular complexity index is 209. The zero-order valence-corrected chi connectivity index (χ0v) is 10.6. The van der Waals surface area contributed by atoms with E-state index < -0.39 is 0 Å². The lowest BCUT2D eigenvalue weighted by atomic mass is 9.92. The van der Waals surface area contributed by atoms with Gasteiger partial charge in [-0.25, -0.2) is 0 Å². The van der Waals surface area contributed by atoms with Crippen molar-refractivity contribution in [2.75, 3.05) is 26.7 Å². The third-order valence-corrected chi connectivity index (χ3v) is 4.64. The van der Waals surface area contributed by atoms with Crippen molar-refractivity contribution >= 4 is 0 Å². The highest BCUT2D eigenvalue weighted by molar-refractivity contribution is 4.98. The molecule has 2 rings (SSSR count). The quantitative estimate of drug-likeness (QED) is 0.764. The smallest absolute Gasteiger partial charge is 0.0121 e. The molecule has 0 aromatic heterocycles. The topological polar surface area (TPSA) is 15.3 Å². The van der Waals surface area contributed by atoms with Gasteiger partial charge in [-0.05, 0) is 64.1 Å². The summed E-state index contributed by atoms with van der Waals surface area (Å²) in [4.78, 5) is 2.73. The van der Waals surface area contributed by atoms with E-state index in [0.29, 0.717) is 5.41 Å². The van der Waals surface area contributed by atoms with Crippen LogP contribution in [0, 0.1) is 11.3 Å². The van der Waals surface area contributed by atoms with Gasteiger partial charge in [-0.1, -0.05) is 6.92 Å². The van der Waals surface area contributed by atoms with Crippen LogP contribution in [-0.2, 0) is 0 Å². The van der Waals surface area contributed by atoms with Crippen LogP contribution in [0.1, 0.15) is 39.5 Å². The van der Waals surface area contributed by atoms with E-state index in [1.165, 1.54) is 45.3 Å². The highest BCUT2D eigenvalue weighted by Gasteiger charge is 2.45. The molecule has 2 nitrogen and oxygen atoms in total. The molecule has 0 aromatic rings. The fourth-order valence-corrected chi connectivity index (χ4v) is 2.96. The molecule has 2 heteroatoms. The Morgan fingerprint density at radius 3 is 2.80 bits per heavy atom. The minimum Gasteiger partial charge on any atom is -0.319 e. The second-order valence-electron chi connectivity index (χ2n) is 5.89. The zero-order chi connectivity index (χ0) is 10.9. The summed E-state index contributed by atoms with van der Waals surface area (Å²) >= 11 is 0. The van der Waals surface area contributed by atoms with E-state index in [2.05, 4.69) is 31.1 Å². The van der Waals surface area contributed by atoms with Gasteiger partial charge in [0.05, 0.1) is 0 Å². The molecule has 2 fully saturated rings. The van der Waals surface area contributed by atoms with Crippen LogP contribution < -0.4 is 5.32 Å². The molecule has 88 valence electrons. The maximum atomic E-state index is 3.32. The van der Waals surface area contributed by atoms with Gasteiger partial charge in [0.1, 0.15) is 0 Å². The largest absolute Gasteiger partial charge is 0.319 e. The third-order valence-electron chi connectivity index (χ3n) is 4.64. The molecule has 1 heterocycles. The zero-order valence-electron chi connectivity index (χ0n) is 10.6. The molecule has 0 spiro atoms. The van der Waals surface area contributed by atoms with Gasteiger partial charge in [0.15, 0.2) is 0 Å². The second-order valence-corrected chi connectivity index (χ2v) is 5.89. The van der Waals surface area contributed by atoms with E-state index in [1.807, 2.05) is 0 Å². The Labute approximate surface area is 94.4 Å². The Kier molecular flexibility index (Phi) is 3.36. The molecule has 15 heavy (non-hydrogen) atoms. The van der Waals surface area contributed by atoms with Crippen LogP contribution in [-0.4, -0.2) is 37.6 Å². The number of likely N-dealkylation sites (tertiary alicyclic amines) is 1. The minimum atomic E-state index is 0.654. The fraction of sp³-hybridized carbons (Fsp3) is 1.00. The maximum absolute atomic E-state index is 3.32. The van der Waals surface area contributed by atoms with Gasteiger partial charge in [-0.15, -0.1) is 0 Å². The molecule has 1 saturated carbocycles. The molecule has 1 aliphatic heterocycles. The first-order valence-electron chi connectivity index (χ1n) is 6.54. The Hall–Kier alpha value is -0.0800. The van der Waals surface area contributed by atoms with Crippen LogP contribution in [0.4, 0.5) is 0 Å². The number of hydrogen-bond acceptors (Lipinski definition) is 2. The van der Waals surface area contributed by atoms with E-state index in [9.17, 15) is 0 Å². The molecular formula is C13H26N2. The van der Waals surface area contributed by atoms with Gasteiger partial charge in [0.2, 0.25) is 0 Å². The monoisotopic (exact) mass is 210 g/mol. The van der Waals surface area contributed by atoms with Crippen LogP contribution in [0.15, 0.2) is 0 Å².